The number of Topliss-reactive ketones (excluding diaryl/α,β-unsaturated/α-hetero) is 1. The second-order valence-corrected chi connectivity index (χ2v) is 5.57. The van der Waals surface area contributed by atoms with Crippen LogP contribution in [0.15, 0.2) is 30.3 Å². The summed E-state index contributed by atoms with van der Waals surface area (Å²) in [7, 11) is 0. The fraction of sp³-hybridized carbons (Fsp3) is 0.278. The third-order valence-electron chi connectivity index (χ3n) is 3.63. The molecule has 0 radical (unpaired) electrons. The van der Waals surface area contributed by atoms with Gasteiger partial charge in [0.25, 0.3) is 0 Å². The van der Waals surface area contributed by atoms with Crippen LogP contribution < -0.4 is 0 Å². The van der Waals surface area contributed by atoms with Crippen molar-refractivity contribution < 1.29 is 37.3 Å². The molecule has 0 aliphatic carbocycles. The Hall–Kier alpha value is -2.29. The van der Waals surface area contributed by atoms with Crippen molar-refractivity contribution in [1.82, 2.24) is 0 Å². The SMILES string of the molecule is O=C(COCC(O)CO)c1ccc(F)c(F)c1Cc1ccc(F)cc1F. The van der Waals surface area contributed by atoms with Crippen LogP contribution >= 0.6 is 0 Å². The van der Waals surface area contributed by atoms with Gasteiger partial charge in [0, 0.05) is 23.6 Å². The van der Waals surface area contributed by atoms with Crippen molar-refractivity contribution in [3.8, 4) is 0 Å². The van der Waals surface area contributed by atoms with Gasteiger partial charge in [0.05, 0.1) is 13.2 Å². The van der Waals surface area contributed by atoms with E-state index in [2.05, 4.69) is 0 Å². The summed E-state index contributed by atoms with van der Waals surface area (Å²) in [6.07, 6.45) is -1.64. The normalized spacial score (nSPS) is 12.2. The van der Waals surface area contributed by atoms with Gasteiger partial charge >= 0.3 is 0 Å². The quantitative estimate of drug-likeness (QED) is 0.552. The van der Waals surface area contributed by atoms with Gasteiger partial charge in [-0.2, -0.15) is 0 Å². The highest BCUT2D eigenvalue weighted by atomic mass is 19.2. The molecular weight excluding hydrogens is 356 g/mol. The van der Waals surface area contributed by atoms with Crippen molar-refractivity contribution >= 4 is 5.78 Å². The Kier molecular flexibility index (Phi) is 6.84. The van der Waals surface area contributed by atoms with E-state index in [4.69, 9.17) is 14.9 Å². The van der Waals surface area contributed by atoms with E-state index in [-0.39, 0.29) is 23.3 Å². The van der Waals surface area contributed by atoms with Crippen LogP contribution in [-0.4, -0.2) is 41.9 Å². The van der Waals surface area contributed by atoms with Crippen LogP contribution in [0.5, 0.6) is 0 Å². The summed E-state index contributed by atoms with van der Waals surface area (Å²) in [6, 6.07) is 4.46. The minimum absolute atomic E-state index is 0.110. The van der Waals surface area contributed by atoms with Gasteiger partial charge in [0.15, 0.2) is 17.4 Å². The van der Waals surface area contributed by atoms with E-state index < -0.39 is 54.8 Å². The molecule has 0 heterocycles. The van der Waals surface area contributed by atoms with Gasteiger partial charge < -0.3 is 14.9 Å². The Morgan fingerprint density at radius 3 is 2.46 bits per heavy atom. The monoisotopic (exact) mass is 372 g/mol. The number of ketones is 1. The first-order valence-corrected chi connectivity index (χ1v) is 7.64. The molecule has 0 saturated carbocycles. The zero-order chi connectivity index (χ0) is 19.3. The van der Waals surface area contributed by atoms with Gasteiger partial charge in [-0.1, -0.05) is 6.07 Å². The molecule has 0 spiro atoms. The molecule has 2 N–H and O–H groups in total. The first kappa shape index (κ1) is 20.0. The number of rotatable bonds is 8. The molecule has 0 fully saturated rings. The van der Waals surface area contributed by atoms with Gasteiger partial charge in [-0.25, -0.2) is 17.6 Å². The van der Waals surface area contributed by atoms with Crippen molar-refractivity contribution in [2.75, 3.05) is 19.8 Å². The smallest absolute Gasteiger partial charge is 0.188 e. The summed E-state index contributed by atoms with van der Waals surface area (Å²) in [6.45, 7) is -1.44. The maximum absolute atomic E-state index is 14.2. The molecule has 0 amide bonds. The van der Waals surface area contributed by atoms with Crippen LogP contribution in [0.25, 0.3) is 0 Å². The Labute approximate surface area is 146 Å². The van der Waals surface area contributed by atoms with Gasteiger partial charge in [-0.15, -0.1) is 0 Å². The molecule has 4 nitrogen and oxygen atoms in total. The first-order valence-electron chi connectivity index (χ1n) is 7.64. The van der Waals surface area contributed by atoms with E-state index in [0.717, 1.165) is 24.3 Å². The van der Waals surface area contributed by atoms with Crippen LogP contribution in [0.4, 0.5) is 17.6 Å². The second kappa shape index (κ2) is 8.88. The second-order valence-electron chi connectivity index (χ2n) is 5.57. The van der Waals surface area contributed by atoms with Gasteiger partial charge in [0.2, 0.25) is 0 Å². The lowest BCUT2D eigenvalue weighted by atomic mass is 9.96. The molecule has 1 atom stereocenters. The summed E-state index contributed by atoms with van der Waals surface area (Å²) < 4.78 is 59.5. The van der Waals surface area contributed by atoms with Crippen LogP contribution in [0.2, 0.25) is 0 Å². The van der Waals surface area contributed by atoms with Crippen molar-refractivity contribution in [3.63, 3.8) is 0 Å². The predicted octanol–water partition coefficient (Wildman–Crippen LogP) is 2.39. The third-order valence-corrected chi connectivity index (χ3v) is 3.63. The van der Waals surface area contributed by atoms with E-state index in [1.54, 1.807) is 0 Å². The highest BCUT2D eigenvalue weighted by molar-refractivity contribution is 5.98. The fourth-order valence-electron chi connectivity index (χ4n) is 2.30. The van der Waals surface area contributed by atoms with E-state index in [9.17, 15) is 22.4 Å². The number of carbonyl (C=O) groups excluding carboxylic acids is 1. The van der Waals surface area contributed by atoms with Crippen LogP contribution in [0.3, 0.4) is 0 Å². The highest BCUT2D eigenvalue weighted by Gasteiger charge is 2.20. The van der Waals surface area contributed by atoms with E-state index >= 15 is 0 Å². The number of benzene rings is 2. The summed E-state index contributed by atoms with van der Waals surface area (Å²) in [5.74, 6) is -5.01. The number of aliphatic hydroxyl groups excluding tert-OH is 2. The molecule has 1 unspecified atom stereocenters. The molecule has 2 aromatic rings. The molecule has 0 saturated heterocycles. The Morgan fingerprint density at radius 2 is 1.81 bits per heavy atom. The molecular formula is C18H16F4O4. The van der Waals surface area contributed by atoms with Gasteiger partial charge in [0.1, 0.15) is 24.3 Å². The zero-order valence-corrected chi connectivity index (χ0v) is 13.5. The highest BCUT2D eigenvalue weighted by Crippen LogP contribution is 2.23. The summed E-state index contributed by atoms with van der Waals surface area (Å²) >= 11 is 0. The first-order chi connectivity index (χ1) is 12.3. The summed E-state index contributed by atoms with van der Waals surface area (Å²) in [5.41, 5.74) is -0.709. The molecule has 2 aromatic carbocycles. The minimum Gasteiger partial charge on any atom is -0.394 e. The average molecular weight is 372 g/mol. The lowest BCUT2D eigenvalue weighted by Crippen LogP contribution is -2.22. The van der Waals surface area contributed by atoms with Crippen molar-refractivity contribution in [2.45, 2.75) is 12.5 Å². The third kappa shape index (κ3) is 4.87. The van der Waals surface area contributed by atoms with Gasteiger partial charge in [-0.05, 0) is 23.8 Å². The number of ether oxygens (including phenoxy) is 1. The Bertz CT molecular complexity index is 795. The van der Waals surface area contributed by atoms with Crippen molar-refractivity contribution in [2.24, 2.45) is 0 Å². The predicted molar refractivity (Wildman–Crippen MR) is 83.8 cm³/mol. The molecule has 0 bridgehead atoms. The lowest BCUT2D eigenvalue weighted by molar-refractivity contribution is 0.00893. The van der Waals surface area contributed by atoms with E-state index in [1.807, 2.05) is 0 Å². The summed E-state index contributed by atoms with van der Waals surface area (Å²) in [5, 5.41) is 17.8. The minimum atomic E-state index is -1.31. The van der Waals surface area contributed by atoms with Crippen molar-refractivity contribution in [1.29, 1.82) is 0 Å². The molecule has 0 aliphatic heterocycles. The number of hydrogen-bond acceptors (Lipinski definition) is 4. The molecule has 8 heteroatoms. The van der Waals surface area contributed by atoms with Crippen LogP contribution in [-0.2, 0) is 11.2 Å². The largest absolute Gasteiger partial charge is 0.394 e. The fourth-order valence-corrected chi connectivity index (χ4v) is 2.30. The number of carbonyl (C=O) groups is 1. The molecule has 0 aliphatic rings. The zero-order valence-electron chi connectivity index (χ0n) is 13.5. The van der Waals surface area contributed by atoms with Crippen LogP contribution in [0.1, 0.15) is 21.5 Å². The standard InChI is InChI=1S/C18H16F4O4/c19-11-2-1-10(16(21)6-11)5-14-13(3-4-15(20)18(14)22)17(25)9-26-8-12(24)7-23/h1-4,6,12,23-24H,5,7-9H2. The summed E-state index contributed by atoms with van der Waals surface area (Å²) in [4.78, 5) is 12.2. The molecule has 26 heavy (non-hydrogen) atoms. The number of aliphatic hydroxyl groups is 2. The maximum atomic E-state index is 14.2. The average Bonchev–Trinajstić information content (AvgIpc) is 2.60. The van der Waals surface area contributed by atoms with Crippen molar-refractivity contribution in [3.05, 3.63) is 70.3 Å². The van der Waals surface area contributed by atoms with Crippen LogP contribution in [0, 0.1) is 23.3 Å². The Balaban J connectivity index is 2.27. The Morgan fingerprint density at radius 1 is 1.08 bits per heavy atom. The molecule has 140 valence electrons. The van der Waals surface area contributed by atoms with E-state index in [0.29, 0.717) is 6.07 Å². The lowest BCUT2D eigenvalue weighted by Gasteiger charge is -2.13. The molecule has 2 rings (SSSR count). The number of halogens is 4. The van der Waals surface area contributed by atoms with E-state index in [1.165, 1.54) is 0 Å². The molecule has 0 aromatic heterocycles. The topological polar surface area (TPSA) is 66.8 Å². The number of hydrogen-bond donors (Lipinski definition) is 2. The van der Waals surface area contributed by atoms with Gasteiger partial charge in [-0.3, -0.25) is 4.79 Å². The maximum Gasteiger partial charge on any atom is 0.188 e.